The number of hydrogen-bond donors (Lipinski definition) is 2. The number of hydrogen-bond acceptors (Lipinski definition) is 8. The van der Waals surface area contributed by atoms with Crippen LogP contribution in [0.1, 0.15) is 69.9 Å². The minimum Gasteiger partial charge on any atom is -0.366 e. The maximum absolute atomic E-state index is 13.0. The first-order chi connectivity index (χ1) is 18.9. The number of piperidine rings is 1. The van der Waals surface area contributed by atoms with Gasteiger partial charge in [0, 0.05) is 48.2 Å². The highest BCUT2D eigenvalue weighted by Gasteiger charge is 2.45. The Hall–Kier alpha value is -2.78. The van der Waals surface area contributed by atoms with Gasteiger partial charge in [0.25, 0.3) is 5.91 Å². The van der Waals surface area contributed by atoms with E-state index in [1.165, 1.54) is 36.0 Å². The van der Waals surface area contributed by atoms with Crippen molar-refractivity contribution in [3.63, 3.8) is 0 Å². The Kier molecular flexibility index (Phi) is 8.08. The van der Waals surface area contributed by atoms with E-state index in [0.29, 0.717) is 48.5 Å². The summed E-state index contributed by atoms with van der Waals surface area (Å²) in [5.41, 5.74) is 1.75. The van der Waals surface area contributed by atoms with Crippen molar-refractivity contribution >= 4 is 28.3 Å². The van der Waals surface area contributed by atoms with E-state index in [-0.39, 0.29) is 29.5 Å². The van der Waals surface area contributed by atoms with Crippen LogP contribution in [0.4, 0.5) is 13.2 Å². The first kappa shape index (κ1) is 28.7. The van der Waals surface area contributed by atoms with E-state index in [4.69, 9.17) is 9.29 Å². The molecule has 0 radical (unpaired) electrons. The third-order valence-electron chi connectivity index (χ3n) is 7.37. The predicted molar refractivity (Wildman–Crippen MR) is 141 cm³/mol. The molecule has 1 spiro atoms. The topological polar surface area (TPSA) is 118 Å². The number of ether oxygens (including phenoxy) is 1. The number of nitrogens with zero attached hydrogens (tertiary/aromatic N) is 4. The maximum Gasteiger partial charge on any atom is 0.451 e. The second kappa shape index (κ2) is 11.2. The number of pyridine rings is 1. The van der Waals surface area contributed by atoms with Crippen molar-refractivity contribution in [1.82, 2.24) is 25.2 Å². The van der Waals surface area contributed by atoms with Gasteiger partial charge in [-0.3, -0.25) is 14.7 Å². The number of carbonyl (C=O) groups is 1. The van der Waals surface area contributed by atoms with Gasteiger partial charge in [0.05, 0.1) is 28.1 Å². The van der Waals surface area contributed by atoms with Crippen LogP contribution in [0.25, 0.3) is 0 Å². The molecule has 0 saturated carbocycles. The summed E-state index contributed by atoms with van der Waals surface area (Å²) in [6.07, 6.45) is 1.25. The highest BCUT2D eigenvalue weighted by atomic mass is 32.2. The Morgan fingerprint density at radius 3 is 2.55 bits per heavy atom. The summed E-state index contributed by atoms with van der Waals surface area (Å²) in [6, 6.07) is 4.86. The second-order valence-corrected chi connectivity index (χ2v) is 12.1. The molecule has 9 nitrogen and oxygen atoms in total. The Labute approximate surface area is 235 Å². The number of rotatable bonds is 6. The van der Waals surface area contributed by atoms with Crippen molar-refractivity contribution in [2.75, 3.05) is 13.1 Å². The summed E-state index contributed by atoms with van der Waals surface area (Å²) >= 11 is -0.683. The molecule has 3 unspecified atom stereocenters. The quantitative estimate of drug-likeness (QED) is 0.401. The minimum atomic E-state index is -4.58. The molecule has 2 N–H and O–H groups in total. The lowest BCUT2D eigenvalue weighted by molar-refractivity contribution is -0.145. The molecule has 2 aliphatic rings. The van der Waals surface area contributed by atoms with E-state index in [1.807, 2.05) is 19.9 Å². The van der Waals surface area contributed by atoms with Gasteiger partial charge < -0.3 is 14.6 Å². The lowest BCUT2D eigenvalue weighted by Gasteiger charge is -2.47. The van der Waals surface area contributed by atoms with Gasteiger partial charge in [-0.05, 0) is 56.9 Å². The fourth-order valence-electron chi connectivity index (χ4n) is 5.27. The van der Waals surface area contributed by atoms with E-state index < -0.39 is 28.7 Å². The van der Waals surface area contributed by atoms with Crippen molar-refractivity contribution in [3.05, 3.63) is 69.2 Å². The standard InChI is InChI=1S/C26H28F3N5O4S2/c1-15-9-17-10-21(23(35)31-13-19-3-4-20(14-30-19)40(36)37)39-22(17)25(38-15)5-7-34(8-6-25)16(2)18-11-32-24(33-12-18)26(27,28)29/h3-4,10-12,14-16H,5-9,13H2,1-2H3,(H,31,35)(H,36,37). The monoisotopic (exact) mass is 595 g/mol. The zero-order valence-electron chi connectivity index (χ0n) is 21.8. The number of nitrogens with one attached hydrogen (secondary N) is 1. The molecule has 40 heavy (non-hydrogen) atoms. The van der Waals surface area contributed by atoms with Crippen LogP contribution in [0.15, 0.2) is 41.7 Å². The molecule has 1 saturated heterocycles. The third-order valence-corrected chi connectivity index (χ3v) is 9.38. The Morgan fingerprint density at radius 2 is 1.95 bits per heavy atom. The summed E-state index contributed by atoms with van der Waals surface area (Å²) in [5, 5.41) is 2.87. The largest absolute Gasteiger partial charge is 0.451 e. The van der Waals surface area contributed by atoms with Crippen molar-refractivity contribution < 1.29 is 31.5 Å². The van der Waals surface area contributed by atoms with Crippen molar-refractivity contribution in [2.45, 2.75) is 68.5 Å². The second-order valence-electron chi connectivity index (χ2n) is 10.1. The predicted octanol–water partition coefficient (Wildman–Crippen LogP) is 4.48. The van der Waals surface area contributed by atoms with Gasteiger partial charge in [-0.1, -0.05) is 0 Å². The van der Waals surface area contributed by atoms with Crippen LogP contribution in [0.5, 0.6) is 0 Å². The Bertz CT molecular complexity index is 1390. The molecule has 5 heterocycles. The number of aromatic nitrogens is 3. The summed E-state index contributed by atoms with van der Waals surface area (Å²) in [4.78, 5) is 28.1. The van der Waals surface area contributed by atoms with Gasteiger partial charge in [0.1, 0.15) is 5.60 Å². The molecular weight excluding hydrogens is 567 g/mol. The molecule has 3 aromatic heterocycles. The summed E-state index contributed by atoms with van der Waals surface area (Å²) < 4.78 is 65.3. The van der Waals surface area contributed by atoms with Crippen LogP contribution in [0.3, 0.4) is 0 Å². The highest BCUT2D eigenvalue weighted by molar-refractivity contribution is 7.79. The molecule has 0 bridgehead atoms. The Balaban J connectivity index is 1.26. The molecule has 0 aliphatic carbocycles. The molecule has 14 heteroatoms. The van der Waals surface area contributed by atoms with E-state index in [9.17, 15) is 22.2 Å². The SMILES string of the molecule is CC1Cc2cc(C(=O)NCc3ccc(S(=O)O)cn3)sc2C2(CCN(C(C)c3cnc(C(F)(F)F)nc3)CC2)O1. The van der Waals surface area contributed by atoms with Crippen LogP contribution in [-0.2, 0) is 40.6 Å². The number of amides is 1. The molecule has 3 aromatic rings. The minimum absolute atomic E-state index is 0.0231. The molecular formula is C26H28F3N5O4S2. The molecule has 214 valence electrons. The van der Waals surface area contributed by atoms with Crippen LogP contribution in [0, 0.1) is 0 Å². The van der Waals surface area contributed by atoms with Gasteiger partial charge in [0.15, 0.2) is 11.1 Å². The summed E-state index contributed by atoms with van der Waals surface area (Å²) in [6.45, 7) is 5.45. The zero-order valence-corrected chi connectivity index (χ0v) is 23.4. The molecule has 2 aliphatic heterocycles. The van der Waals surface area contributed by atoms with Crippen LogP contribution < -0.4 is 5.32 Å². The first-order valence-electron chi connectivity index (χ1n) is 12.7. The highest BCUT2D eigenvalue weighted by Crippen LogP contribution is 2.48. The van der Waals surface area contributed by atoms with Crippen LogP contribution in [0.2, 0.25) is 0 Å². The number of halogens is 3. The number of thiophene rings is 1. The zero-order chi connectivity index (χ0) is 28.7. The number of fused-ring (bicyclic) bond motifs is 2. The number of carbonyl (C=O) groups excluding carboxylic acids is 1. The average molecular weight is 596 g/mol. The Morgan fingerprint density at radius 1 is 1.25 bits per heavy atom. The van der Waals surface area contributed by atoms with Crippen molar-refractivity contribution in [1.29, 1.82) is 0 Å². The normalized spacial score (nSPS) is 20.6. The average Bonchev–Trinajstić information content (AvgIpc) is 3.37. The van der Waals surface area contributed by atoms with Gasteiger partial charge in [-0.2, -0.15) is 13.2 Å². The maximum atomic E-state index is 13.0. The summed E-state index contributed by atoms with van der Waals surface area (Å²) in [5.74, 6) is -1.38. The van der Waals surface area contributed by atoms with E-state index in [0.717, 1.165) is 10.4 Å². The van der Waals surface area contributed by atoms with Crippen molar-refractivity contribution in [2.24, 2.45) is 0 Å². The van der Waals surface area contributed by atoms with Gasteiger partial charge >= 0.3 is 6.18 Å². The van der Waals surface area contributed by atoms with E-state index in [1.54, 1.807) is 6.07 Å². The molecule has 5 rings (SSSR count). The van der Waals surface area contributed by atoms with Crippen LogP contribution >= 0.6 is 11.3 Å². The first-order valence-corrected chi connectivity index (χ1v) is 14.7. The third kappa shape index (κ3) is 5.96. The number of likely N-dealkylation sites (tertiary alicyclic amines) is 1. The molecule has 1 fully saturated rings. The number of alkyl halides is 3. The van der Waals surface area contributed by atoms with Gasteiger partial charge in [-0.15, -0.1) is 11.3 Å². The van der Waals surface area contributed by atoms with Crippen molar-refractivity contribution in [3.8, 4) is 0 Å². The van der Waals surface area contributed by atoms with Gasteiger partial charge in [-0.25, -0.2) is 14.2 Å². The fourth-order valence-corrected chi connectivity index (χ4v) is 6.90. The van der Waals surface area contributed by atoms with E-state index >= 15 is 0 Å². The van der Waals surface area contributed by atoms with Gasteiger partial charge in [0.2, 0.25) is 5.82 Å². The lowest BCUT2D eigenvalue weighted by atomic mass is 9.83. The van der Waals surface area contributed by atoms with E-state index in [2.05, 4.69) is 25.2 Å². The smallest absolute Gasteiger partial charge is 0.366 e. The molecule has 0 aromatic carbocycles. The summed E-state index contributed by atoms with van der Waals surface area (Å²) in [7, 11) is 0. The lowest BCUT2D eigenvalue weighted by Crippen LogP contribution is -2.48. The molecule has 3 atom stereocenters. The fraction of sp³-hybridized carbons (Fsp3) is 0.462. The van der Waals surface area contributed by atoms with Crippen LogP contribution in [-0.4, -0.2) is 53.7 Å². The molecule has 1 amide bonds.